The first-order valence-electron chi connectivity index (χ1n) is 6.34. The van der Waals surface area contributed by atoms with Crippen molar-refractivity contribution in [2.24, 2.45) is 0 Å². The summed E-state index contributed by atoms with van der Waals surface area (Å²) in [5, 5.41) is 4.34. The van der Waals surface area contributed by atoms with E-state index in [1.165, 1.54) is 11.5 Å². The molecule has 0 saturated heterocycles. The van der Waals surface area contributed by atoms with Gasteiger partial charge in [-0.3, -0.25) is 0 Å². The van der Waals surface area contributed by atoms with E-state index in [0.29, 0.717) is 12.4 Å². The van der Waals surface area contributed by atoms with Crippen LogP contribution in [0.3, 0.4) is 0 Å². The number of ether oxygens (including phenoxy) is 1. The molecule has 5 heteroatoms. The summed E-state index contributed by atoms with van der Waals surface area (Å²) in [6.07, 6.45) is 0.252. The molecule has 102 valence electrons. The molecular formula is C14H19N3OS. The van der Waals surface area contributed by atoms with Crippen molar-refractivity contribution in [2.45, 2.75) is 20.0 Å². The number of rotatable bonds is 6. The highest BCUT2D eigenvalue weighted by atomic mass is 32.1. The van der Waals surface area contributed by atoms with Gasteiger partial charge in [-0.15, -0.1) is 0 Å². The minimum Gasteiger partial charge on any atom is -0.382 e. The Morgan fingerprint density at radius 1 is 1.32 bits per heavy atom. The van der Waals surface area contributed by atoms with Gasteiger partial charge >= 0.3 is 0 Å². The summed E-state index contributed by atoms with van der Waals surface area (Å²) in [4.78, 5) is 0. The van der Waals surface area contributed by atoms with Crippen molar-refractivity contribution in [1.82, 2.24) is 4.37 Å². The molecule has 0 amide bonds. The van der Waals surface area contributed by atoms with Crippen LogP contribution in [-0.2, 0) is 4.74 Å². The molecule has 0 radical (unpaired) electrons. The Balaban J connectivity index is 2.06. The van der Waals surface area contributed by atoms with Crippen LogP contribution in [-0.4, -0.2) is 23.6 Å². The molecule has 1 heterocycles. The molecule has 0 aliphatic carbocycles. The first-order valence-corrected chi connectivity index (χ1v) is 7.12. The molecule has 0 bridgehead atoms. The number of anilines is 2. The number of hydrogen-bond donors (Lipinski definition) is 2. The van der Waals surface area contributed by atoms with Crippen LogP contribution in [0.5, 0.6) is 0 Å². The molecule has 2 rings (SSSR count). The Morgan fingerprint density at radius 2 is 2.05 bits per heavy atom. The van der Waals surface area contributed by atoms with Crippen molar-refractivity contribution in [3.8, 4) is 11.1 Å². The lowest BCUT2D eigenvalue weighted by Gasteiger charge is -2.09. The van der Waals surface area contributed by atoms with Crippen LogP contribution in [0, 0.1) is 0 Å². The van der Waals surface area contributed by atoms with Crippen molar-refractivity contribution in [3.05, 3.63) is 30.3 Å². The normalized spacial score (nSPS) is 10.9. The van der Waals surface area contributed by atoms with Crippen LogP contribution >= 0.6 is 11.5 Å². The topological polar surface area (TPSA) is 60.2 Å². The number of nitrogen functional groups attached to an aromatic ring is 1. The van der Waals surface area contributed by atoms with E-state index in [4.69, 9.17) is 10.5 Å². The summed E-state index contributed by atoms with van der Waals surface area (Å²) >= 11 is 1.39. The number of nitrogens with zero attached hydrogens (tertiary/aromatic N) is 1. The second-order valence-corrected chi connectivity index (χ2v) is 5.26. The van der Waals surface area contributed by atoms with Crippen LogP contribution in [0.4, 0.5) is 10.8 Å². The van der Waals surface area contributed by atoms with Gasteiger partial charge in [0.05, 0.1) is 18.3 Å². The molecule has 0 saturated carbocycles. The predicted octanol–water partition coefficient (Wildman–Crippen LogP) is 3.23. The van der Waals surface area contributed by atoms with Crippen LogP contribution in [0.15, 0.2) is 30.3 Å². The number of benzene rings is 1. The quantitative estimate of drug-likeness (QED) is 0.796. The molecule has 0 atom stereocenters. The molecule has 0 spiro atoms. The lowest BCUT2D eigenvalue weighted by Crippen LogP contribution is -2.12. The fourth-order valence-corrected chi connectivity index (χ4v) is 2.53. The molecule has 1 aromatic heterocycles. The van der Waals surface area contributed by atoms with E-state index < -0.39 is 0 Å². The molecular weight excluding hydrogens is 258 g/mol. The van der Waals surface area contributed by atoms with Gasteiger partial charge in [-0.05, 0) is 30.9 Å². The van der Waals surface area contributed by atoms with Gasteiger partial charge in [0.2, 0.25) is 0 Å². The van der Waals surface area contributed by atoms with Gasteiger partial charge in [0.25, 0.3) is 0 Å². The van der Waals surface area contributed by atoms with Crippen molar-refractivity contribution >= 4 is 22.4 Å². The third-order valence-electron chi connectivity index (χ3n) is 2.62. The van der Waals surface area contributed by atoms with Gasteiger partial charge in [-0.2, -0.15) is 4.37 Å². The Labute approximate surface area is 117 Å². The van der Waals surface area contributed by atoms with Crippen molar-refractivity contribution in [2.75, 3.05) is 24.2 Å². The van der Waals surface area contributed by atoms with Crippen LogP contribution in [0.1, 0.15) is 13.8 Å². The smallest absolute Gasteiger partial charge is 0.147 e. The molecule has 0 aliphatic rings. The Morgan fingerprint density at radius 3 is 2.74 bits per heavy atom. The summed E-state index contributed by atoms with van der Waals surface area (Å²) < 4.78 is 9.73. The van der Waals surface area contributed by atoms with E-state index >= 15 is 0 Å². The van der Waals surface area contributed by atoms with E-state index in [-0.39, 0.29) is 6.10 Å². The average molecular weight is 277 g/mol. The summed E-state index contributed by atoms with van der Waals surface area (Å²) in [5.74, 6) is 0.573. The van der Waals surface area contributed by atoms with E-state index in [1.54, 1.807) is 0 Å². The van der Waals surface area contributed by atoms with Crippen molar-refractivity contribution < 1.29 is 4.74 Å². The Bertz CT molecular complexity index is 511. The highest BCUT2D eigenvalue weighted by Gasteiger charge is 2.12. The van der Waals surface area contributed by atoms with E-state index in [1.807, 2.05) is 44.2 Å². The lowest BCUT2D eigenvalue weighted by atomic mass is 10.1. The zero-order chi connectivity index (χ0) is 13.7. The zero-order valence-corrected chi connectivity index (χ0v) is 12.0. The van der Waals surface area contributed by atoms with Crippen LogP contribution in [0.25, 0.3) is 11.1 Å². The fourth-order valence-electron chi connectivity index (χ4n) is 1.77. The SMILES string of the molecule is CC(C)OCCNc1snc(N)c1-c1ccccc1. The maximum Gasteiger partial charge on any atom is 0.147 e. The highest BCUT2D eigenvalue weighted by Crippen LogP contribution is 2.36. The summed E-state index contributed by atoms with van der Waals surface area (Å²) in [7, 11) is 0. The Kier molecular flexibility index (Phi) is 4.76. The van der Waals surface area contributed by atoms with E-state index in [9.17, 15) is 0 Å². The lowest BCUT2D eigenvalue weighted by molar-refractivity contribution is 0.0871. The molecule has 0 aliphatic heterocycles. The second-order valence-electron chi connectivity index (χ2n) is 4.48. The fraction of sp³-hybridized carbons (Fsp3) is 0.357. The predicted molar refractivity (Wildman–Crippen MR) is 81.5 cm³/mol. The maximum atomic E-state index is 5.95. The molecule has 3 N–H and O–H groups in total. The third kappa shape index (κ3) is 3.68. The number of nitrogens with one attached hydrogen (secondary N) is 1. The van der Waals surface area contributed by atoms with Crippen LogP contribution < -0.4 is 11.1 Å². The van der Waals surface area contributed by atoms with Gasteiger partial charge in [0, 0.05) is 6.54 Å². The first-order chi connectivity index (χ1) is 9.18. The number of aromatic nitrogens is 1. The molecule has 4 nitrogen and oxygen atoms in total. The highest BCUT2D eigenvalue weighted by molar-refractivity contribution is 7.11. The maximum absolute atomic E-state index is 5.95. The second kappa shape index (κ2) is 6.54. The third-order valence-corrected chi connectivity index (χ3v) is 3.44. The monoisotopic (exact) mass is 277 g/mol. The molecule has 0 unspecified atom stereocenters. The van der Waals surface area contributed by atoms with Crippen molar-refractivity contribution in [1.29, 1.82) is 0 Å². The average Bonchev–Trinajstić information content (AvgIpc) is 2.77. The minimum absolute atomic E-state index is 0.252. The van der Waals surface area contributed by atoms with Gasteiger partial charge in [-0.1, -0.05) is 30.3 Å². The first kappa shape index (κ1) is 13.8. The standard InChI is InChI=1S/C14H19N3OS/c1-10(2)18-9-8-16-14-12(13(15)17-19-14)11-6-4-3-5-7-11/h3-7,10,16H,8-9H2,1-2H3,(H2,15,17). The van der Waals surface area contributed by atoms with Crippen molar-refractivity contribution in [3.63, 3.8) is 0 Å². The van der Waals surface area contributed by atoms with E-state index in [2.05, 4.69) is 9.69 Å². The summed E-state index contributed by atoms with van der Waals surface area (Å²) in [6, 6.07) is 10.1. The molecule has 1 aromatic carbocycles. The Hall–Kier alpha value is -1.59. The van der Waals surface area contributed by atoms with Gasteiger partial charge < -0.3 is 15.8 Å². The van der Waals surface area contributed by atoms with Gasteiger partial charge in [-0.25, -0.2) is 0 Å². The summed E-state index contributed by atoms with van der Waals surface area (Å²) in [6.45, 7) is 5.48. The van der Waals surface area contributed by atoms with Gasteiger partial charge in [0.15, 0.2) is 0 Å². The number of hydrogen-bond acceptors (Lipinski definition) is 5. The summed E-state index contributed by atoms with van der Waals surface area (Å²) in [5.41, 5.74) is 8.02. The van der Waals surface area contributed by atoms with E-state index in [0.717, 1.165) is 22.7 Å². The molecule has 19 heavy (non-hydrogen) atoms. The minimum atomic E-state index is 0.252. The van der Waals surface area contributed by atoms with Crippen LogP contribution in [0.2, 0.25) is 0 Å². The largest absolute Gasteiger partial charge is 0.382 e. The molecule has 0 fully saturated rings. The van der Waals surface area contributed by atoms with Gasteiger partial charge in [0.1, 0.15) is 10.8 Å². The number of nitrogens with two attached hydrogens (primary N) is 1. The zero-order valence-electron chi connectivity index (χ0n) is 11.2. The molecule has 2 aromatic rings.